The van der Waals surface area contributed by atoms with Crippen LogP contribution < -0.4 is 15.0 Å². The van der Waals surface area contributed by atoms with Crippen molar-refractivity contribution in [1.29, 1.82) is 0 Å². The monoisotopic (exact) mass is 569 g/mol. The van der Waals surface area contributed by atoms with E-state index in [-0.39, 0.29) is 12.6 Å². The van der Waals surface area contributed by atoms with Gasteiger partial charge in [-0.25, -0.2) is 14.7 Å². The summed E-state index contributed by atoms with van der Waals surface area (Å²) in [5, 5.41) is 4.17. The first-order chi connectivity index (χ1) is 20.2. The normalized spacial score (nSPS) is 17.9. The van der Waals surface area contributed by atoms with Gasteiger partial charge < -0.3 is 29.0 Å². The molecule has 0 spiro atoms. The molecule has 42 heavy (non-hydrogen) atoms. The predicted molar refractivity (Wildman–Crippen MR) is 155 cm³/mol. The largest absolute Gasteiger partial charge is 0.474 e. The van der Waals surface area contributed by atoms with Gasteiger partial charge in [0.05, 0.1) is 48.9 Å². The van der Waals surface area contributed by atoms with Crippen LogP contribution in [0.3, 0.4) is 0 Å². The fourth-order valence-corrected chi connectivity index (χ4v) is 5.73. The van der Waals surface area contributed by atoms with Crippen LogP contribution >= 0.6 is 0 Å². The first-order valence-corrected chi connectivity index (χ1v) is 13.9. The molecule has 7 heterocycles. The number of ether oxygens (including phenoxy) is 3. The zero-order valence-electron chi connectivity index (χ0n) is 23.9. The van der Waals surface area contributed by atoms with Gasteiger partial charge in [-0.2, -0.15) is 4.98 Å². The van der Waals surface area contributed by atoms with E-state index in [1.54, 1.807) is 33.2 Å². The summed E-state index contributed by atoms with van der Waals surface area (Å²) >= 11 is 0. The van der Waals surface area contributed by atoms with Crippen molar-refractivity contribution in [2.24, 2.45) is 7.05 Å². The number of nitrogens with one attached hydrogen (secondary N) is 1. The quantitative estimate of drug-likeness (QED) is 0.383. The van der Waals surface area contributed by atoms with Crippen LogP contribution in [0.2, 0.25) is 0 Å². The number of morpholine rings is 1. The van der Waals surface area contributed by atoms with Gasteiger partial charge in [-0.05, 0) is 45.0 Å². The van der Waals surface area contributed by atoms with Crippen LogP contribution in [0.5, 0.6) is 5.88 Å². The summed E-state index contributed by atoms with van der Waals surface area (Å²) in [6.45, 7) is 7.86. The van der Waals surface area contributed by atoms with Gasteiger partial charge in [0.15, 0.2) is 0 Å². The van der Waals surface area contributed by atoms with Gasteiger partial charge in [0, 0.05) is 42.5 Å². The molecule has 1 N–H and O–H groups in total. The van der Waals surface area contributed by atoms with Gasteiger partial charge in [0.25, 0.3) is 5.91 Å². The SMILES string of the molecule is Cn1ccc2c(-c3ncc(Nc4ccc5c(n4)OC[C@@H]4COCCN54)c4c3CN(C(=O)OC(C)(C)C)C4=O)ccnc21. The van der Waals surface area contributed by atoms with Crippen LogP contribution in [-0.4, -0.2) is 74.4 Å². The van der Waals surface area contributed by atoms with E-state index in [2.05, 4.69) is 15.2 Å². The Morgan fingerprint density at radius 1 is 1.14 bits per heavy atom. The maximum atomic E-state index is 13.9. The number of rotatable bonds is 3. The Bertz CT molecular complexity index is 1740. The van der Waals surface area contributed by atoms with Crippen LogP contribution in [0, 0.1) is 0 Å². The highest BCUT2D eigenvalue weighted by Crippen LogP contribution is 2.40. The number of anilines is 3. The summed E-state index contributed by atoms with van der Waals surface area (Å²) in [4.78, 5) is 44.4. The minimum atomic E-state index is -0.762. The number of hydrogen-bond donors (Lipinski definition) is 1. The number of pyridine rings is 3. The molecule has 3 aliphatic heterocycles. The number of aryl methyl sites for hydroxylation is 1. The predicted octanol–water partition coefficient (Wildman–Crippen LogP) is 4.26. The van der Waals surface area contributed by atoms with Gasteiger partial charge in [0.2, 0.25) is 5.88 Å². The molecule has 4 aromatic heterocycles. The molecule has 12 nitrogen and oxygen atoms in total. The molecule has 3 aliphatic rings. The molecule has 0 unspecified atom stereocenters. The smallest absolute Gasteiger partial charge is 0.417 e. The molecule has 4 aromatic rings. The standard InChI is InChI=1S/C30H31N7O5/c1-30(2,3)42-29(39)37-14-20-24(28(37)38)21(13-32-25(20)18-7-9-31-26-19(18)8-10-35(26)4)33-23-6-5-22-27(34-23)41-16-17-15-40-12-11-36(17)22/h5-10,13,17H,11-12,14-16H2,1-4H3,(H,33,34)/t17-/m0/s1. The lowest BCUT2D eigenvalue weighted by atomic mass is 10.0. The second-order valence-corrected chi connectivity index (χ2v) is 11.6. The number of fused-ring (bicyclic) bond motifs is 5. The van der Waals surface area contributed by atoms with Crippen LogP contribution in [0.25, 0.3) is 22.3 Å². The third-order valence-electron chi connectivity index (χ3n) is 7.64. The van der Waals surface area contributed by atoms with Crippen molar-refractivity contribution >= 4 is 40.2 Å². The van der Waals surface area contributed by atoms with Crippen LogP contribution in [0.1, 0.15) is 36.7 Å². The minimum absolute atomic E-state index is 0.0245. The van der Waals surface area contributed by atoms with E-state index >= 15 is 0 Å². The van der Waals surface area contributed by atoms with E-state index in [4.69, 9.17) is 24.2 Å². The van der Waals surface area contributed by atoms with Crippen molar-refractivity contribution in [1.82, 2.24) is 24.4 Å². The summed E-state index contributed by atoms with van der Waals surface area (Å²) in [5.74, 6) is 0.550. The Kier molecular flexibility index (Phi) is 6.05. The molecule has 1 atom stereocenters. The van der Waals surface area contributed by atoms with Crippen molar-refractivity contribution in [2.45, 2.75) is 39.0 Å². The summed E-state index contributed by atoms with van der Waals surface area (Å²) in [5.41, 5.74) is 3.78. The van der Waals surface area contributed by atoms with Crippen molar-refractivity contribution in [3.05, 3.63) is 54.0 Å². The molecule has 2 amide bonds. The van der Waals surface area contributed by atoms with Gasteiger partial charge in [0.1, 0.15) is 29.4 Å². The fraction of sp³-hybridized carbons (Fsp3) is 0.367. The lowest BCUT2D eigenvalue weighted by Crippen LogP contribution is -2.51. The van der Waals surface area contributed by atoms with Gasteiger partial charge >= 0.3 is 6.09 Å². The molecule has 216 valence electrons. The molecule has 0 radical (unpaired) electrons. The van der Waals surface area contributed by atoms with Crippen LogP contribution in [0.4, 0.5) is 22.0 Å². The highest BCUT2D eigenvalue weighted by molar-refractivity contribution is 6.12. The molecule has 1 saturated heterocycles. The lowest BCUT2D eigenvalue weighted by Gasteiger charge is -2.40. The average Bonchev–Trinajstić information content (AvgIpc) is 3.52. The maximum absolute atomic E-state index is 13.9. The van der Waals surface area contributed by atoms with Gasteiger partial charge in [-0.1, -0.05) is 0 Å². The fourth-order valence-electron chi connectivity index (χ4n) is 5.73. The summed E-state index contributed by atoms with van der Waals surface area (Å²) in [7, 11) is 1.92. The number of nitrogens with zero attached hydrogens (tertiary/aromatic N) is 6. The number of imide groups is 1. The number of carbonyl (C=O) groups excluding carboxylic acids is 2. The third-order valence-corrected chi connectivity index (χ3v) is 7.64. The number of amides is 2. The van der Waals surface area contributed by atoms with E-state index in [1.165, 1.54) is 0 Å². The average molecular weight is 570 g/mol. The van der Waals surface area contributed by atoms with Crippen molar-refractivity contribution < 1.29 is 23.8 Å². The van der Waals surface area contributed by atoms with Crippen molar-refractivity contribution in [3.63, 3.8) is 0 Å². The molecule has 0 aromatic carbocycles. The number of aromatic nitrogens is 4. The van der Waals surface area contributed by atoms with Crippen molar-refractivity contribution in [3.8, 4) is 17.1 Å². The molecular formula is C30H31N7O5. The van der Waals surface area contributed by atoms with E-state index in [0.29, 0.717) is 54.0 Å². The first-order valence-electron chi connectivity index (χ1n) is 13.9. The zero-order chi connectivity index (χ0) is 29.2. The Hall–Kier alpha value is -4.71. The maximum Gasteiger partial charge on any atom is 0.417 e. The van der Waals surface area contributed by atoms with Gasteiger partial charge in [-0.3, -0.25) is 9.78 Å². The Morgan fingerprint density at radius 2 is 2.00 bits per heavy atom. The number of hydrogen-bond acceptors (Lipinski definition) is 10. The Morgan fingerprint density at radius 3 is 2.83 bits per heavy atom. The summed E-state index contributed by atoms with van der Waals surface area (Å²) in [6, 6.07) is 7.81. The highest BCUT2D eigenvalue weighted by atomic mass is 16.6. The van der Waals surface area contributed by atoms with E-state index in [1.807, 2.05) is 42.1 Å². The summed E-state index contributed by atoms with van der Waals surface area (Å²) < 4.78 is 19.1. The lowest BCUT2D eigenvalue weighted by molar-refractivity contribution is 0.0248. The molecule has 0 aliphatic carbocycles. The van der Waals surface area contributed by atoms with Crippen molar-refractivity contribution in [2.75, 3.05) is 36.6 Å². The van der Waals surface area contributed by atoms with Gasteiger partial charge in [-0.15, -0.1) is 0 Å². The molecular weight excluding hydrogens is 538 g/mol. The van der Waals surface area contributed by atoms with E-state index in [9.17, 15) is 9.59 Å². The van der Waals surface area contributed by atoms with Crippen LogP contribution in [-0.2, 0) is 23.1 Å². The minimum Gasteiger partial charge on any atom is -0.474 e. The van der Waals surface area contributed by atoms with E-state index in [0.717, 1.165) is 33.7 Å². The summed E-state index contributed by atoms with van der Waals surface area (Å²) in [6.07, 6.45) is 4.55. The molecule has 7 rings (SSSR count). The zero-order valence-corrected chi connectivity index (χ0v) is 23.9. The molecule has 0 bridgehead atoms. The Labute approximate surface area is 242 Å². The third kappa shape index (κ3) is 4.38. The second-order valence-electron chi connectivity index (χ2n) is 11.6. The molecule has 0 saturated carbocycles. The number of carbonyl (C=O) groups is 2. The van der Waals surface area contributed by atoms with Crippen LogP contribution in [0.15, 0.2) is 42.9 Å². The second kappa shape index (κ2) is 9.69. The Balaban J connectivity index is 1.29. The molecule has 1 fully saturated rings. The van der Waals surface area contributed by atoms with E-state index < -0.39 is 17.6 Å². The first kappa shape index (κ1) is 26.2. The topological polar surface area (TPSA) is 124 Å². The molecule has 12 heteroatoms. The highest BCUT2D eigenvalue weighted by Gasteiger charge is 2.39.